The third kappa shape index (κ3) is 2.82. The summed E-state index contributed by atoms with van der Waals surface area (Å²) in [5, 5.41) is 6.57. The fourth-order valence-electron chi connectivity index (χ4n) is 1.53. The largest absolute Gasteiger partial charge is 0.497 e. The summed E-state index contributed by atoms with van der Waals surface area (Å²) in [7, 11) is 3.10. The third-order valence-corrected chi connectivity index (χ3v) is 3.34. The molecule has 0 spiro atoms. The predicted molar refractivity (Wildman–Crippen MR) is 72.1 cm³/mol. The van der Waals surface area contributed by atoms with Crippen molar-refractivity contribution in [2.45, 2.75) is 6.92 Å². The molecule has 0 bridgehead atoms. The molecule has 7 heteroatoms. The van der Waals surface area contributed by atoms with Gasteiger partial charge in [0.1, 0.15) is 16.4 Å². The van der Waals surface area contributed by atoms with Gasteiger partial charge < -0.3 is 14.8 Å². The molecular weight excluding hydrogens is 266 g/mol. The zero-order chi connectivity index (χ0) is 13.8. The molecule has 2 rings (SSSR count). The van der Waals surface area contributed by atoms with Crippen LogP contribution in [0.4, 0.5) is 5.69 Å². The number of hydrogen-bond acceptors (Lipinski definition) is 6. The molecule has 2 aromatic rings. The van der Waals surface area contributed by atoms with Gasteiger partial charge in [0, 0.05) is 6.07 Å². The molecule has 0 atom stereocenters. The summed E-state index contributed by atoms with van der Waals surface area (Å²) in [5.41, 5.74) is 1.14. The lowest BCUT2D eigenvalue weighted by molar-refractivity contribution is 0.102. The van der Waals surface area contributed by atoms with Crippen molar-refractivity contribution in [2.24, 2.45) is 0 Å². The second-order valence-electron chi connectivity index (χ2n) is 3.71. The average molecular weight is 279 g/mol. The van der Waals surface area contributed by atoms with Crippen LogP contribution in [-0.4, -0.2) is 29.7 Å². The first-order valence-electron chi connectivity index (χ1n) is 5.48. The van der Waals surface area contributed by atoms with E-state index in [-0.39, 0.29) is 5.91 Å². The smallest absolute Gasteiger partial charge is 0.269 e. The monoisotopic (exact) mass is 279 g/mol. The molecule has 0 saturated carbocycles. The van der Waals surface area contributed by atoms with Crippen molar-refractivity contribution in [2.75, 3.05) is 19.5 Å². The summed E-state index contributed by atoms with van der Waals surface area (Å²) < 4.78 is 14.1. The van der Waals surface area contributed by atoms with Gasteiger partial charge in [0.2, 0.25) is 0 Å². The first kappa shape index (κ1) is 13.3. The van der Waals surface area contributed by atoms with Crippen molar-refractivity contribution in [3.8, 4) is 11.5 Å². The Balaban J connectivity index is 2.27. The number of amides is 1. The quantitative estimate of drug-likeness (QED) is 0.928. The molecule has 1 aromatic heterocycles. The molecule has 0 aliphatic rings. The maximum Gasteiger partial charge on any atom is 0.269 e. The fraction of sp³-hybridized carbons (Fsp3) is 0.250. The molecule has 19 heavy (non-hydrogen) atoms. The van der Waals surface area contributed by atoms with Gasteiger partial charge in [-0.1, -0.05) is 4.49 Å². The van der Waals surface area contributed by atoms with Crippen molar-refractivity contribution in [1.82, 2.24) is 9.59 Å². The highest BCUT2D eigenvalue weighted by Gasteiger charge is 2.15. The zero-order valence-corrected chi connectivity index (χ0v) is 11.6. The molecule has 100 valence electrons. The van der Waals surface area contributed by atoms with Gasteiger partial charge in [0.05, 0.1) is 25.6 Å². The third-order valence-electron chi connectivity index (χ3n) is 2.51. The van der Waals surface area contributed by atoms with Crippen LogP contribution < -0.4 is 14.8 Å². The van der Waals surface area contributed by atoms with Gasteiger partial charge in [-0.2, -0.15) is 0 Å². The van der Waals surface area contributed by atoms with E-state index in [1.54, 1.807) is 32.2 Å². The van der Waals surface area contributed by atoms with Gasteiger partial charge in [-0.05, 0) is 30.6 Å². The molecule has 0 radical (unpaired) electrons. The van der Waals surface area contributed by atoms with Crippen molar-refractivity contribution in [1.29, 1.82) is 0 Å². The van der Waals surface area contributed by atoms with Gasteiger partial charge in [-0.25, -0.2) is 0 Å². The van der Waals surface area contributed by atoms with Gasteiger partial charge in [0.25, 0.3) is 5.91 Å². The van der Waals surface area contributed by atoms with Crippen LogP contribution in [-0.2, 0) is 0 Å². The van der Waals surface area contributed by atoms with E-state index < -0.39 is 0 Å². The summed E-state index contributed by atoms with van der Waals surface area (Å²) in [6.45, 7) is 1.74. The fourth-order valence-corrected chi connectivity index (χ4v) is 2.08. The Morgan fingerprint density at radius 1 is 1.32 bits per heavy atom. The normalized spacial score (nSPS) is 10.1. The number of hydrogen-bond donors (Lipinski definition) is 1. The summed E-state index contributed by atoms with van der Waals surface area (Å²) in [5.74, 6) is 0.929. The zero-order valence-electron chi connectivity index (χ0n) is 10.8. The molecule has 0 fully saturated rings. The van der Waals surface area contributed by atoms with Gasteiger partial charge in [0.15, 0.2) is 0 Å². The number of methoxy groups -OCH3 is 2. The first-order valence-corrected chi connectivity index (χ1v) is 6.25. The Kier molecular flexibility index (Phi) is 3.96. The van der Waals surface area contributed by atoms with Crippen LogP contribution in [0.1, 0.15) is 15.4 Å². The van der Waals surface area contributed by atoms with Crippen LogP contribution in [0.2, 0.25) is 0 Å². The molecule has 1 N–H and O–H groups in total. The van der Waals surface area contributed by atoms with E-state index in [0.29, 0.717) is 27.8 Å². The number of anilines is 1. The van der Waals surface area contributed by atoms with Crippen LogP contribution in [0.25, 0.3) is 0 Å². The number of benzene rings is 1. The first-order chi connectivity index (χ1) is 9.15. The minimum atomic E-state index is -0.265. The maximum atomic E-state index is 12.1. The molecule has 0 saturated heterocycles. The molecule has 0 aliphatic heterocycles. The maximum absolute atomic E-state index is 12.1. The highest BCUT2D eigenvalue weighted by molar-refractivity contribution is 7.08. The SMILES string of the molecule is COc1ccc(OC)c(NC(=O)c2snnc2C)c1. The summed E-state index contributed by atoms with van der Waals surface area (Å²) in [6.07, 6.45) is 0. The molecule has 0 aliphatic carbocycles. The molecule has 6 nitrogen and oxygen atoms in total. The molecule has 1 heterocycles. The Morgan fingerprint density at radius 3 is 2.68 bits per heavy atom. The van der Waals surface area contributed by atoms with Crippen molar-refractivity contribution in [3.63, 3.8) is 0 Å². The number of nitrogens with one attached hydrogen (secondary N) is 1. The van der Waals surface area contributed by atoms with Gasteiger partial charge >= 0.3 is 0 Å². The van der Waals surface area contributed by atoms with Crippen molar-refractivity contribution in [3.05, 3.63) is 28.8 Å². The van der Waals surface area contributed by atoms with E-state index >= 15 is 0 Å². The number of carbonyl (C=O) groups excluding carboxylic acids is 1. The lowest BCUT2D eigenvalue weighted by Crippen LogP contribution is -2.12. The van der Waals surface area contributed by atoms with E-state index in [1.165, 1.54) is 7.11 Å². The highest BCUT2D eigenvalue weighted by atomic mass is 32.1. The summed E-state index contributed by atoms with van der Waals surface area (Å²) >= 11 is 1.06. The van der Waals surface area contributed by atoms with Crippen molar-refractivity contribution < 1.29 is 14.3 Å². The standard InChI is InChI=1S/C12H13N3O3S/c1-7-11(19-15-14-7)12(16)13-9-6-8(17-2)4-5-10(9)18-3/h4-6H,1-3H3,(H,13,16). The van der Waals surface area contributed by atoms with E-state index in [2.05, 4.69) is 14.9 Å². The minimum absolute atomic E-state index is 0.265. The molecule has 1 aromatic carbocycles. The van der Waals surface area contributed by atoms with E-state index in [4.69, 9.17) is 9.47 Å². The number of rotatable bonds is 4. The lowest BCUT2D eigenvalue weighted by Gasteiger charge is -2.11. The average Bonchev–Trinajstić information content (AvgIpc) is 2.85. The lowest BCUT2D eigenvalue weighted by atomic mass is 10.2. The molecular formula is C12H13N3O3S. The topological polar surface area (TPSA) is 73.3 Å². The number of ether oxygens (including phenoxy) is 2. The number of nitrogens with zero attached hydrogens (tertiary/aromatic N) is 2. The van der Waals surface area contributed by atoms with Crippen LogP contribution in [0.15, 0.2) is 18.2 Å². The van der Waals surface area contributed by atoms with E-state index in [9.17, 15) is 4.79 Å². The van der Waals surface area contributed by atoms with Crippen LogP contribution in [0.5, 0.6) is 11.5 Å². The van der Waals surface area contributed by atoms with Crippen LogP contribution in [0.3, 0.4) is 0 Å². The highest BCUT2D eigenvalue weighted by Crippen LogP contribution is 2.29. The summed E-state index contributed by atoms with van der Waals surface area (Å²) in [4.78, 5) is 12.6. The van der Waals surface area contributed by atoms with Gasteiger partial charge in [-0.3, -0.25) is 4.79 Å². The Hall–Kier alpha value is -2.15. The van der Waals surface area contributed by atoms with E-state index in [1.807, 2.05) is 0 Å². The molecule has 1 amide bonds. The Morgan fingerprint density at radius 2 is 2.11 bits per heavy atom. The van der Waals surface area contributed by atoms with Crippen molar-refractivity contribution >= 4 is 23.1 Å². The van der Waals surface area contributed by atoms with Crippen LogP contribution >= 0.6 is 11.5 Å². The number of aromatic nitrogens is 2. The predicted octanol–water partition coefficient (Wildman–Crippen LogP) is 2.12. The molecule has 0 unspecified atom stereocenters. The summed E-state index contributed by atoms with van der Waals surface area (Å²) in [6, 6.07) is 5.18. The Bertz CT molecular complexity index is 598. The van der Waals surface area contributed by atoms with Crippen LogP contribution in [0, 0.1) is 6.92 Å². The number of aryl methyl sites for hydroxylation is 1. The van der Waals surface area contributed by atoms with Gasteiger partial charge in [-0.15, -0.1) is 5.10 Å². The Labute approximate surface area is 114 Å². The van der Waals surface area contributed by atoms with E-state index in [0.717, 1.165) is 11.5 Å². The second kappa shape index (κ2) is 5.66. The second-order valence-corrected chi connectivity index (χ2v) is 4.46. The minimum Gasteiger partial charge on any atom is -0.497 e. The number of carbonyl (C=O) groups is 1.